The predicted molar refractivity (Wildman–Crippen MR) is 72.0 cm³/mol. The van der Waals surface area contributed by atoms with E-state index in [1.807, 2.05) is 42.7 Å². The van der Waals surface area contributed by atoms with E-state index in [1.54, 1.807) is 0 Å². The average molecular weight is 295 g/mol. The molecule has 0 fully saturated rings. The van der Waals surface area contributed by atoms with Gasteiger partial charge in [-0.2, -0.15) is 0 Å². The highest BCUT2D eigenvalue weighted by atomic mass is 79.9. The summed E-state index contributed by atoms with van der Waals surface area (Å²) in [4.78, 5) is 0. The molecule has 0 spiro atoms. The van der Waals surface area contributed by atoms with Gasteiger partial charge >= 0.3 is 0 Å². The fourth-order valence-electron chi connectivity index (χ4n) is 1.55. The molecule has 17 heavy (non-hydrogen) atoms. The number of hydrogen-bond donors (Lipinski definition) is 1. The van der Waals surface area contributed by atoms with Gasteiger partial charge in [-0.05, 0) is 35.9 Å². The fraction of sp³-hybridized carbons (Fsp3) is 0.231. The van der Waals surface area contributed by atoms with E-state index in [1.165, 1.54) is 0 Å². The number of rotatable bonds is 5. The number of benzene rings is 1. The van der Waals surface area contributed by atoms with E-state index in [2.05, 4.69) is 20.5 Å². The zero-order chi connectivity index (χ0) is 12.1. The molecule has 0 saturated heterocycles. The van der Waals surface area contributed by atoms with Crippen LogP contribution in [0.15, 0.2) is 47.2 Å². The van der Waals surface area contributed by atoms with Gasteiger partial charge in [-0.1, -0.05) is 15.9 Å². The Morgan fingerprint density at radius 3 is 2.59 bits per heavy atom. The molecule has 0 amide bonds. The molecule has 1 heterocycles. The Balaban J connectivity index is 1.81. The molecule has 0 aliphatic carbocycles. The van der Waals surface area contributed by atoms with E-state index in [4.69, 9.17) is 10.5 Å². The molecule has 2 rings (SSSR count). The lowest BCUT2D eigenvalue weighted by atomic mass is 10.3. The highest BCUT2D eigenvalue weighted by molar-refractivity contribution is 9.10. The first-order valence-corrected chi connectivity index (χ1v) is 6.30. The third kappa shape index (κ3) is 3.61. The predicted octanol–water partition coefficient (Wildman–Crippen LogP) is 2.79. The number of halogens is 1. The van der Waals surface area contributed by atoms with Gasteiger partial charge in [0.05, 0.1) is 6.54 Å². The Labute approximate surface area is 109 Å². The summed E-state index contributed by atoms with van der Waals surface area (Å²) >= 11 is 3.39. The molecule has 2 aromatic rings. The largest absolute Gasteiger partial charge is 0.492 e. The summed E-state index contributed by atoms with van der Waals surface area (Å²) < 4.78 is 8.78. The Morgan fingerprint density at radius 1 is 1.18 bits per heavy atom. The van der Waals surface area contributed by atoms with E-state index in [0.717, 1.165) is 22.3 Å². The van der Waals surface area contributed by atoms with Crippen molar-refractivity contribution in [2.75, 3.05) is 6.61 Å². The third-order valence-electron chi connectivity index (χ3n) is 2.48. The van der Waals surface area contributed by atoms with Crippen molar-refractivity contribution in [3.63, 3.8) is 0 Å². The zero-order valence-corrected chi connectivity index (χ0v) is 11.1. The van der Waals surface area contributed by atoms with Crippen LogP contribution in [0.4, 0.5) is 0 Å². The maximum absolute atomic E-state index is 5.63. The normalized spacial score (nSPS) is 10.5. The van der Waals surface area contributed by atoms with E-state index in [0.29, 0.717) is 13.2 Å². The van der Waals surface area contributed by atoms with Crippen LogP contribution < -0.4 is 10.5 Å². The molecule has 0 radical (unpaired) electrons. The molecule has 0 aliphatic heterocycles. The van der Waals surface area contributed by atoms with Gasteiger partial charge < -0.3 is 15.0 Å². The minimum absolute atomic E-state index is 0.584. The monoisotopic (exact) mass is 294 g/mol. The van der Waals surface area contributed by atoms with Gasteiger partial charge in [0, 0.05) is 23.4 Å². The van der Waals surface area contributed by atoms with E-state index >= 15 is 0 Å². The van der Waals surface area contributed by atoms with Gasteiger partial charge in [0.1, 0.15) is 12.4 Å². The molecular weight excluding hydrogens is 280 g/mol. The Kier molecular flexibility index (Phi) is 4.23. The molecule has 0 bridgehead atoms. The lowest BCUT2D eigenvalue weighted by molar-refractivity contribution is 0.298. The quantitative estimate of drug-likeness (QED) is 0.921. The SMILES string of the molecule is NCc1ccn(CCOc2ccc(Br)cc2)c1. The summed E-state index contributed by atoms with van der Waals surface area (Å²) in [6, 6.07) is 9.87. The highest BCUT2D eigenvalue weighted by Crippen LogP contribution is 2.16. The number of nitrogens with zero attached hydrogens (tertiary/aromatic N) is 1. The van der Waals surface area contributed by atoms with E-state index in [9.17, 15) is 0 Å². The van der Waals surface area contributed by atoms with Gasteiger partial charge in [0.2, 0.25) is 0 Å². The molecule has 1 aromatic carbocycles. The summed E-state index contributed by atoms with van der Waals surface area (Å²) in [6.07, 6.45) is 4.07. The van der Waals surface area contributed by atoms with Crippen LogP contribution in [0, 0.1) is 0 Å². The maximum Gasteiger partial charge on any atom is 0.119 e. The van der Waals surface area contributed by atoms with Crippen molar-refractivity contribution in [3.05, 3.63) is 52.8 Å². The van der Waals surface area contributed by atoms with Crippen LogP contribution in [0.3, 0.4) is 0 Å². The van der Waals surface area contributed by atoms with Crippen LogP contribution in [0.5, 0.6) is 5.75 Å². The lowest BCUT2D eigenvalue weighted by Crippen LogP contribution is -2.06. The summed E-state index contributed by atoms with van der Waals surface area (Å²) in [5, 5.41) is 0. The fourth-order valence-corrected chi connectivity index (χ4v) is 1.81. The zero-order valence-electron chi connectivity index (χ0n) is 9.47. The van der Waals surface area contributed by atoms with Crippen molar-refractivity contribution >= 4 is 15.9 Å². The smallest absolute Gasteiger partial charge is 0.119 e. The first-order chi connectivity index (χ1) is 8.28. The summed E-state index contributed by atoms with van der Waals surface area (Å²) in [6.45, 7) is 2.07. The highest BCUT2D eigenvalue weighted by Gasteiger charge is 1.96. The molecule has 90 valence electrons. The molecule has 3 nitrogen and oxygen atoms in total. The van der Waals surface area contributed by atoms with E-state index < -0.39 is 0 Å². The number of ether oxygens (including phenoxy) is 1. The number of nitrogens with two attached hydrogens (primary N) is 1. The maximum atomic E-state index is 5.63. The summed E-state index contributed by atoms with van der Waals surface area (Å²) in [5.41, 5.74) is 6.69. The minimum atomic E-state index is 0.584. The molecule has 0 unspecified atom stereocenters. The second-order valence-electron chi connectivity index (χ2n) is 3.76. The first-order valence-electron chi connectivity index (χ1n) is 5.51. The Hall–Kier alpha value is -1.26. The third-order valence-corrected chi connectivity index (χ3v) is 3.01. The summed E-state index contributed by atoms with van der Waals surface area (Å²) in [7, 11) is 0. The van der Waals surface area contributed by atoms with Gasteiger partial charge in [0.25, 0.3) is 0 Å². The van der Waals surface area contributed by atoms with Crippen molar-refractivity contribution in [1.29, 1.82) is 0 Å². The Morgan fingerprint density at radius 2 is 1.94 bits per heavy atom. The van der Waals surface area contributed by atoms with Crippen LogP contribution >= 0.6 is 15.9 Å². The minimum Gasteiger partial charge on any atom is -0.492 e. The van der Waals surface area contributed by atoms with E-state index in [-0.39, 0.29) is 0 Å². The van der Waals surface area contributed by atoms with Crippen LogP contribution in [-0.2, 0) is 13.1 Å². The lowest BCUT2D eigenvalue weighted by Gasteiger charge is -2.06. The molecule has 1 aromatic heterocycles. The molecule has 2 N–H and O–H groups in total. The van der Waals surface area contributed by atoms with Gasteiger partial charge in [0.15, 0.2) is 0 Å². The molecular formula is C13H15BrN2O. The van der Waals surface area contributed by atoms with Crippen molar-refractivity contribution < 1.29 is 4.74 Å². The molecule has 0 aliphatic rings. The first kappa shape index (κ1) is 12.2. The van der Waals surface area contributed by atoms with Crippen molar-refractivity contribution in [2.24, 2.45) is 5.73 Å². The topological polar surface area (TPSA) is 40.2 Å². The van der Waals surface area contributed by atoms with Gasteiger partial charge in [-0.3, -0.25) is 0 Å². The standard InChI is InChI=1S/C13H15BrN2O/c14-12-1-3-13(4-2-12)17-8-7-16-6-5-11(9-15)10-16/h1-6,10H,7-9,15H2. The molecule has 4 heteroatoms. The second kappa shape index (κ2) is 5.89. The van der Waals surface area contributed by atoms with Crippen LogP contribution in [0.2, 0.25) is 0 Å². The van der Waals surface area contributed by atoms with Crippen LogP contribution in [-0.4, -0.2) is 11.2 Å². The van der Waals surface area contributed by atoms with Crippen LogP contribution in [0.25, 0.3) is 0 Å². The summed E-state index contributed by atoms with van der Waals surface area (Å²) in [5.74, 6) is 0.888. The molecule has 0 atom stereocenters. The van der Waals surface area contributed by atoms with Crippen LogP contribution in [0.1, 0.15) is 5.56 Å². The number of aromatic nitrogens is 1. The number of hydrogen-bond acceptors (Lipinski definition) is 2. The van der Waals surface area contributed by atoms with Crippen molar-refractivity contribution in [1.82, 2.24) is 4.57 Å². The van der Waals surface area contributed by atoms with Crippen molar-refractivity contribution in [3.8, 4) is 5.75 Å². The Bertz CT molecular complexity index is 465. The van der Waals surface area contributed by atoms with Gasteiger partial charge in [-0.25, -0.2) is 0 Å². The van der Waals surface area contributed by atoms with Gasteiger partial charge in [-0.15, -0.1) is 0 Å². The van der Waals surface area contributed by atoms with Crippen molar-refractivity contribution in [2.45, 2.75) is 13.1 Å². The molecule has 0 saturated carbocycles. The average Bonchev–Trinajstić information content (AvgIpc) is 2.80. The second-order valence-corrected chi connectivity index (χ2v) is 4.68.